The number of ether oxygens (including phenoxy) is 1. The van der Waals surface area contributed by atoms with E-state index in [1.54, 1.807) is 0 Å². The molecule has 0 unspecified atom stereocenters. The second-order valence-electron chi connectivity index (χ2n) is 4.59. The number of anilines is 1. The number of hydrogen-bond donors (Lipinski definition) is 1. The first kappa shape index (κ1) is 14.5. The molecule has 0 radical (unpaired) electrons. The van der Waals surface area contributed by atoms with Gasteiger partial charge in [-0.1, -0.05) is 12.1 Å². The van der Waals surface area contributed by atoms with E-state index in [2.05, 4.69) is 47.1 Å². The fraction of sp³-hybridized carbons (Fsp3) is 0.333. The number of rotatable bonds is 5. The van der Waals surface area contributed by atoms with Gasteiger partial charge in [-0.25, -0.2) is 4.98 Å². The molecule has 0 aliphatic rings. The first-order chi connectivity index (χ1) is 9.60. The van der Waals surface area contributed by atoms with Crippen molar-refractivity contribution in [3.63, 3.8) is 0 Å². The van der Waals surface area contributed by atoms with E-state index in [0.29, 0.717) is 13.0 Å². The van der Waals surface area contributed by atoms with Crippen molar-refractivity contribution in [3.8, 4) is 11.3 Å². The summed E-state index contributed by atoms with van der Waals surface area (Å²) in [5.41, 5.74) is 4.61. The molecule has 1 N–H and O–H groups in total. The number of thiazole rings is 1. The number of methoxy groups -OCH3 is 1. The third-order valence-corrected chi connectivity index (χ3v) is 3.94. The van der Waals surface area contributed by atoms with Crippen molar-refractivity contribution >= 4 is 22.4 Å². The molecular formula is C15H18N2O2S. The number of nitrogens with one attached hydrogen (secondary N) is 1. The minimum Gasteiger partial charge on any atom is -0.469 e. The maximum Gasteiger partial charge on any atom is 0.307 e. The van der Waals surface area contributed by atoms with E-state index in [-0.39, 0.29) is 5.97 Å². The summed E-state index contributed by atoms with van der Waals surface area (Å²) in [7, 11) is 1.39. The highest BCUT2D eigenvalue weighted by Crippen LogP contribution is 2.26. The van der Waals surface area contributed by atoms with Crippen LogP contribution in [0.25, 0.3) is 11.3 Å². The zero-order chi connectivity index (χ0) is 14.5. The summed E-state index contributed by atoms with van der Waals surface area (Å²) in [5, 5.41) is 5.97. The predicted octanol–water partition coefficient (Wildman–Crippen LogP) is 3.40. The van der Waals surface area contributed by atoms with Crippen LogP contribution in [0.1, 0.15) is 17.5 Å². The molecule has 0 atom stereocenters. The van der Waals surface area contributed by atoms with E-state index in [9.17, 15) is 4.79 Å². The van der Waals surface area contributed by atoms with Crippen molar-refractivity contribution in [2.75, 3.05) is 19.0 Å². The Bertz CT molecular complexity index is 608. The summed E-state index contributed by atoms with van der Waals surface area (Å²) in [6.45, 7) is 4.73. The smallest absolute Gasteiger partial charge is 0.307 e. The molecule has 1 heterocycles. The van der Waals surface area contributed by atoms with Crippen LogP contribution < -0.4 is 5.32 Å². The van der Waals surface area contributed by atoms with Crippen LogP contribution in [0.15, 0.2) is 23.6 Å². The standard InChI is InChI=1S/C15H18N2O2S/c1-10-4-5-12(8-11(10)2)13-9-20-15(17-13)16-7-6-14(18)19-3/h4-5,8-9H,6-7H2,1-3H3,(H,16,17). The number of aromatic nitrogens is 1. The van der Waals surface area contributed by atoms with Gasteiger partial charge in [-0.05, 0) is 31.0 Å². The molecule has 0 fully saturated rings. The number of carbonyl (C=O) groups excluding carboxylic acids is 1. The van der Waals surface area contributed by atoms with Gasteiger partial charge in [0.05, 0.1) is 19.2 Å². The lowest BCUT2D eigenvalue weighted by atomic mass is 10.1. The van der Waals surface area contributed by atoms with Crippen molar-refractivity contribution in [3.05, 3.63) is 34.7 Å². The van der Waals surface area contributed by atoms with Crippen LogP contribution in [0.4, 0.5) is 5.13 Å². The largest absolute Gasteiger partial charge is 0.469 e. The number of aryl methyl sites for hydroxylation is 2. The van der Waals surface area contributed by atoms with Crippen LogP contribution in [0.2, 0.25) is 0 Å². The lowest BCUT2D eigenvalue weighted by Crippen LogP contribution is -2.09. The average Bonchev–Trinajstić information content (AvgIpc) is 2.90. The number of benzene rings is 1. The highest BCUT2D eigenvalue weighted by Gasteiger charge is 2.06. The quantitative estimate of drug-likeness (QED) is 0.857. The molecule has 2 rings (SSSR count). The van der Waals surface area contributed by atoms with Crippen molar-refractivity contribution in [1.29, 1.82) is 0 Å². The highest BCUT2D eigenvalue weighted by molar-refractivity contribution is 7.14. The molecule has 1 aromatic heterocycles. The number of nitrogens with zero attached hydrogens (tertiary/aromatic N) is 1. The molecule has 106 valence electrons. The van der Waals surface area contributed by atoms with Crippen molar-refractivity contribution in [1.82, 2.24) is 4.98 Å². The van der Waals surface area contributed by atoms with Gasteiger partial charge in [-0.3, -0.25) is 4.79 Å². The minimum atomic E-state index is -0.219. The normalized spacial score (nSPS) is 10.3. The topological polar surface area (TPSA) is 51.2 Å². The van der Waals surface area contributed by atoms with Crippen LogP contribution >= 0.6 is 11.3 Å². The van der Waals surface area contributed by atoms with Gasteiger partial charge in [-0.2, -0.15) is 0 Å². The van der Waals surface area contributed by atoms with Gasteiger partial charge in [0.2, 0.25) is 0 Å². The molecule has 0 bridgehead atoms. The summed E-state index contributed by atoms with van der Waals surface area (Å²) in [4.78, 5) is 15.5. The molecule has 2 aromatic rings. The minimum absolute atomic E-state index is 0.219. The fourth-order valence-electron chi connectivity index (χ4n) is 1.76. The van der Waals surface area contributed by atoms with Crippen molar-refractivity contribution in [2.45, 2.75) is 20.3 Å². The predicted molar refractivity (Wildman–Crippen MR) is 82.1 cm³/mol. The molecular weight excluding hydrogens is 272 g/mol. The van der Waals surface area contributed by atoms with E-state index in [1.165, 1.54) is 29.6 Å². The first-order valence-electron chi connectivity index (χ1n) is 6.44. The molecule has 0 aliphatic heterocycles. The van der Waals surface area contributed by atoms with E-state index in [4.69, 9.17) is 0 Å². The van der Waals surface area contributed by atoms with Crippen molar-refractivity contribution < 1.29 is 9.53 Å². The third kappa shape index (κ3) is 3.57. The van der Waals surface area contributed by atoms with Crippen LogP contribution in [-0.2, 0) is 9.53 Å². The molecule has 0 saturated carbocycles. The van der Waals surface area contributed by atoms with Gasteiger partial charge in [0, 0.05) is 17.5 Å². The number of hydrogen-bond acceptors (Lipinski definition) is 5. The van der Waals surface area contributed by atoms with Gasteiger partial charge < -0.3 is 10.1 Å². The Morgan fingerprint density at radius 3 is 2.85 bits per heavy atom. The molecule has 4 nitrogen and oxygen atoms in total. The van der Waals surface area contributed by atoms with Gasteiger partial charge in [0.25, 0.3) is 0 Å². The monoisotopic (exact) mass is 290 g/mol. The fourth-order valence-corrected chi connectivity index (χ4v) is 2.51. The molecule has 1 aromatic carbocycles. The lowest BCUT2D eigenvalue weighted by Gasteiger charge is -2.03. The van der Waals surface area contributed by atoms with E-state index >= 15 is 0 Å². The summed E-state index contributed by atoms with van der Waals surface area (Å²) in [6.07, 6.45) is 0.342. The number of carbonyl (C=O) groups is 1. The maximum absolute atomic E-state index is 11.0. The number of esters is 1. The zero-order valence-corrected chi connectivity index (χ0v) is 12.7. The second-order valence-corrected chi connectivity index (χ2v) is 5.45. The van der Waals surface area contributed by atoms with Gasteiger partial charge in [0.15, 0.2) is 5.13 Å². The zero-order valence-electron chi connectivity index (χ0n) is 11.9. The first-order valence-corrected chi connectivity index (χ1v) is 7.32. The molecule has 20 heavy (non-hydrogen) atoms. The summed E-state index contributed by atoms with van der Waals surface area (Å²) < 4.78 is 4.59. The van der Waals surface area contributed by atoms with Gasteiger partial charge in [0.1, 0.15) is 0 Å². The van der Waals surface area contributed by atoms with E-state index < -0.39 is 0 Å². The summed E-state index contributed by atoms with van der Waals surface area (Å²) in [5.74, 6) is -0.219. The lowest BCUT2D eigenvalue weighted by molar-refractivity contribution is -0.140. The Balaban J connectivity index is 2.01. The maximum atomic E-state index is 11.0. The Labute approximate surface area is 122 Å². The Morgan fingerprint density at radius 2 is 2.15 bits per heavy atom. The van der Waals surface area contributed by atoms with Crippen LogP contribution in [0, 0.1) is 13.8 Å². The van der Waals surface area contributed by atoms with Gasteiger partial charge in [-0.15, -0.1) is 11.3 Å². The second kappa shape index (κ2) is 6.52. The molecule has 0 saturated heterocycles. The third-order valence-electron chi connectivity index (χ3n) is 3.14. The Kier molecular flexibility index (Phi) is 4.74. The van der Waals surface area contributed by atoms with E-state index in [1.807, 2.05) is 5.38 Å². The van der Waals surface area contributed by atoms with Crippen molar-refractivity contribution in [2.24, 2.45) is 0 Å². The van der Waals surface area contributed by atoms with Crippen LogP contribution in [0.5, 0.6) is 0 Å². The Morgan fingerprint density at radius 1 is 1.35 bits per heavy atom. The molecule has 5 heteroatoms. The highest BCUT2D eigenvalue weighted by atomic mass is 32.1. The van der Waals surface area contributed by atoms with Crippen LogP contribution in [-0.4, -0.2) is 24.6 Å². The SMILES string of the molecule is COC(=O)CCNc1nc(-c2ccc(C)c(C)c2)cs1. The Hall–Kier alpha value is -1.88. The molecule has 0 spiro atoms. The van der Waals surface area contributed by atoms with E-state index in [0.717, 1.165) is 16.4 Å². The van der Waals surface area contributed by atoms with Crippen LogP contribution in [0.3, 0.4) is 0 Å². The summed E-state index contributed by atoms with van der Waals surface area (Å²) in [6, 6.07) is 6.33. The van der Waals surface area contributed by atoms with Gasteiger partial charge >= 0.3 is 5.97 Å². The molecule has 0 amide bonds. The molecule has 0 aliphatic carbocycles. The average molecular weight is 290 g/mol. The summed E-state index contributed by atoms with van der Waals surface area (Å²) >= 11 is 1.54.